The summed E-state index contributed by atoms with van der Waals surface area (Å²) in [7, 11) is 0. The Hall–Kier alpha value is -3.67. The maximum atomic E-state index is 13.4. The van der Waals surface area contributed by atoms with E-state index in [1.54, 1.807) is 11.0 Å². The number of carbonyl (C=O) groups is 2. The van der Waals surface area contributed by atoms with Gasteiger partial charge in [-0.05, 0) is 35.7 Å². The predicted octanol–water partition coefficient (Wildman–Crippen LogP) is 2.85. The van der Waals surface area contributed by atoms with Crippen LogP contribution in [0.5, 0.6) is 0 Å². The van der Waals surface area contributed by atoms with E-state index in [0.29, 0.717) is 13.0 Å². The highest BCUT2D eigenvalue weighted by molar-refractivity contribution is 6.08. The third-order valence-corrected chi connectivity index (χ3v) is 6.01. The Labute approximate surface area is 167 Å². The van der Waals surface area contributed by atoms with E-state index in [1.165, 1.54) is 12.3 Å². The Morgan fingerprint density at radius 2 is 1.72 bits per heavy atom. The van der Waals surface area contributed by atoms with Gasteiger partial charge in [0.05, 0.1) is 6.04 Å². The fourth-order valence-electron chi connectivity index (χ4n) is 4.75. The van der Waals surface area contributed by atoms with Gasteiger partial charge in [-0.1, -0.05) is 48.5 Å². The number of hydrogen-bond donors (Lipinski definition) is 2. The molecule has 2 aliphatic rings. The van der Waals surface area contributed by atoms with Crippen LogP contribution >= 0.6 is 0 Å². The lowest BCUT2D eigenvalue weighted by Gasteiger charge is -2.34. The summed E-state index contributed by atoms with van der Waals surface area (Å²) in [6.07, 6.45) is 1.99. The minimum atomic E-state index is -0.880. The molecule has 2 aliphatic heterocycles. The lowest BCUT2D eigenvalue weighted by atomic mass is 9.72. The van der Waals surface area contributed by atoms with Crippen LogP contribution in [0.1, 0.15) is 33.9 Å². The highest BCUT2D eigenvalue weighted by Crippen LogP contribution is 2.54. The number of H-pyrrole nitrogens is 1. The monoisotopic (exact) mass is 385 g/mol. The Bertz CT molecular complexity index is 1170. The van der Waals surface area contributed by atoms with Crippen molar-refractivity contribution in [3.8, 4) is 0 Å². The van der Waals surface area contributed by atoms with Gasteiger partial charge in [0, 0.05) is 18.4 Å². The molecule has 1 saturated heterocycles. The Kier molecular flexibility index (Phi) is 3.87. The molecule has 2 N–H and O–H groups in total. The smallest absolute Gasteiger partial charge is 0.260 e. The first-order valence-electron chi connectivity index (χ1n) is 9.57. The average Bonchev–Trinajstić information content (AvgIpc) is 3.28. The van der Waals surface area contributed by atoms with E-state index in [9.17, 15) is 14.4 Å². The van der Waals surface area contributed by atoms with Crippen LogP contribution in [0.25, 0.3) is 0 Å². The molecule has 0 aliphatic carbocycles. The van der Waals surface area contributed by atoms with Gasteiger partial charge in [0.15, 0.2) is 0 Å². The molecule has 5 rings (SSSR count). The van der Waals surface area contributed by atoms with Crippen LogP contribution in [-0.2, 0) is 10.2 Å². The van der Waals surface area contributed by atoms with Crippen LogP contribution in [0.15, 0.2) is 77.7 Å². The minimum Gasteiger partial charge on any atom is -0.330 e. The molecule has 2 aromatic carbocycles. The molecule has 6 heteroatoms. The number of aromatic amines is 1. The van der Waals surface area contributed by atoms with E-state index in [0.717, 1.165) is 16.8 Å². The standard InChI is InChI=1S/C23H19N3O3/c27-20-16(9-6-13-24-20)21(28)26-14-12-23(19(26)15-7-2-1-3-8-15)17-10-4-5-11-18(17)25-22(23)29/h1-11,13,19H,12,14H2,(H,24,27)(H,25,29). The molecule has 2 atom stereocenters. The number of carbonyl (C=O) groups excluding carboxylic acids is 2. The van der Waals surface area contributed by atoms with Gasteiger partial charge in [-0.2, -0.15) is 0 Å². The Morgan fingerprint density at radius 3 is 2.52 bits per heavy atom. The van der Waals surface area contributed by atoms with Crippen LogP contribution in [0, 0.1) is 0 Å². The van der Waals surface area contributed by atoms with Crippen molar-refractivity contribution >= 4 is 17.5 Å². The Balaban J connectivity index is 1.69. The van der Waals surface area contributed by atoms with Crippen LogP contribution < -0.4 is 10.9 Å². The number of hydrogen-bond acceptors (Lipinski definition) is 3. The highest BCUT2D eigenvalue weighted by Gasteiger charge is 2.59. The second-order valence-corrected chi connectivity index (χ2v) is 7.45. The number of pyridine rings is 1. The number of para-hydroxylation sites is 1. The van der Waals surface area contributed by atoms with Gasteiger partial charge in [-0.25, -0.2) is 0 Å². The van der Waals surface area contributed by atoms with E-state index in [1.807, 2.05) is 54.6 Å². The third-order valence-electron chi connectivity index (χ3n) is 6.01. The number of benzene rings is 2. The van der Waals surface area contributed by atoms with Crippen molar-refractivity contribution in [1.29, 1.82) is 0 Å². The van der Waals surface area contributed by atoms with Gasteiger partial charge in [-0.15, -0.1) is 0 Å². The fraction of sp³-hybridized carbons (Fsp3) is 0.174. The maximum Gasteiger partial charge on any atom is 0.260 e. The maximum absolute atomic E-state index is 13.4. The summed E-state index contributed by atoms with van der Waals surface area (Å²) in [6, 6.07) is 19.9. The van der Waals surface area contributed by atoms with Crippen LogP contribution in [0.3, 0.4) is 0 Å². The van der Waals surface area contributed by atoms with Crippen molar-refractivity contribution < 1.29 is 9.59 Å². The van der Waals surface area contributed by atoms with Gasteiger partial charge in [0.25, 0.3) is 11.5 Å². The molecule has 144 valence electrons. The van der Waals surface area contributed by atoms with Gasteiger partial charge in [0.1, 0.15) is 11.0 Å². The molecule has 1 aromatic heterocycles. The summed E-state index contributed by atoms with van der Waals surface area (Å²) in [4.78, 5) is 43.2. The van der Waals surface area contributed by atoms with Crippen molar-refractivity contribution in [2.24, 2.45) is 0 Å². The lowest BCUT2D eigenvalue weighted by molar-refractivity contribution is -0.121. The fourth-order valence-corrected chi connectivity index (χ4v) is 4.75. The molecule has 29 heavy (non-hydrogen) atoms. The number of rotatable bonds is 2. The first-order chi connectivity index (χ1) is 14.1. The zero-order valence-electron chi connectivity index (χ0n) is 15.6. The molecule has 0 bridgehead atoms. The second kappa shape index (κ2) is 6.44. The molecule has 0 radical (unpaired) electrons. The van der Waals surface area contributed by atoms with Crippen LogP contribution in [-0.4, -0.2) is 28.2 Å². The quantitative estimate of drug-likeness (QED) is 0.712. The second-order valence-electron chi connectivity index (χ2n) is 7.45. The predicted molar refractivity (Wildman–Crippen MR) is 109 cm³/mol. The summed E-state index contributed by atoms with van der Waals surface area (Å²) in [5, 5.41) is 3.00. The number of aromatic nitrogens is 1. The van der Waals surface area contributed by atoms with Gasteiger partial charge in [0.2, 0.25) is 5.91 Å². The molecule has 3 aromatic rings. The molecule has 0 saturated carbocycles. The van der Waals surface area contributed by atoms with Crippen molar-refractivity contribution in [3.05, 3.63) is 100.0 Å². The lowest BCUT2D eigenvalue weighted by Crippen LogP contribution is -2.43. The summed E-state index contributed by atoms with van der Waals surface area (Å²) < 4.78 is 0. The van der Waals surface area contributed by atoms with Crippen molar-refractivity contribution in [2.75, 3.05) is 11.9 Å². The number of amides is 2. The number of likely N-dealkylation sites (tertiary alicyclic amines) is 1. The van der Waals surface area contributed by atoms with E-state index < -0.39 is 17.0 Å². The SMILES string of the molecule is O=C(c1ccc[nH]c1=O)N1CCC2(C(=O)Nc3ccccc32)C1c1ccccc1. The van der Waals surface area contributed by atoms with Gasteiger partial charge < -0.3 is 15.2 Å². The molecule has 2 amide bonds. The first-order valence-corrected chi connectivity index (χ1v) is 9.57. The zero-order valence-corrected chi connectivity index (χ0v) is 15.6. The highest BCUT2D eigenvalue weighted by atomic mass is 16.2. The van der Waals surface area contributed by atoms with Crippen molar-refractivity contribution in [3.63, 3.8) is 0 Å². The normalized spacial score (nSPS) is 22.6. The molecular weight excluding hydrogens is 366 g/mol. The first kappa shape index (κ1) is 17.4. The molecular formula is C23H19N3O3. The molecule has 3 heterocycles. The largest absolute Gasteiger partial charge is 0.330 e. The van der Waals surface area contributed by atoms with Gasteiger partial charge in [-0.3, -0.25) is 14.4 Å². The summed E-state index contributed by atoms with van der Waals surface area (Å²) >= 11 is 0. The Morgan fingerprint density at radius 1 is 0.966 bits per heavy atom. The number of nitrogens with one attached hydrogen (secondary N) is 2. The van der Waals surface area contributed by atoms with E-state index in [2.05, 4.69) is 10.3 Å². The number of anilines is 1. The van der Waals surface area contributed by atoms with Gasteiger partial charge >= 0.3 is 0 Å². The topological polar surface area (TPSA) is 82.3 Å². The molecule has 6 nitrogen and oxygen atoms in total. The summed E-state index contributed by atoms with van der Waals surface area (Å²) in [6.45, 7) is 0.383. The zero-order chi connectivity index (χ0) is 20.0. The van der Waals surface area contributed by atoms with Crippen LogP contribution in [0.2, 0.25) is 0 Å². The summed E-state index contributed by atoms with van der Waals surface area (Å²) in [5.74, 6) is -0.473. The van der Waals surface area contributed by atoms with Crippen molar-refractivity contribution in [1.82, 2.24) is 9.88 Å². The molecule has 2 unspecified atom stereocenters. The summed E-state index contributed by atoms with van der Waals surface area (Å²) in [5.41, 5.74) is 1.33. The molecule has 1 spiro atoms. The third kappa shape index (κ3) is 2.45. The molecule has 1 fully saturated rings. The van der Waals surface area contributed by atoms with E-state index in [-0.39, 0.29) is 17.4 Å². The average molecular weight is 385 g/mol. The minimum absolute atomic E-state index is 0.0807. The van der Waals surface area contributed by atoms with Crippen LogP contribution in [0.4, 0.5) is 5.69 Å². The number of nitrogens with zero attached hydrogens (tertiary/aromatic N) is 1. The van der Waals surface area contributed by atoms with Crippen molar-refractivity contribution in [2.45, 2.75) is 17.9 Å². The van der Waals surface area contributed by atoms with E-state index >= 15 is 0 Å². The van der Waals surface area contributed by atoms with E-state index in [4.69, 9.17) is 0 Å². The number of fused-ring (bicyclic) bond motifs is 2.